The molecule has 182 valence electrons. The van der Waals surface area contributed by atoms with Gasteiger partial charge in [0.1, 0.15) is 0 Å². The van der Waals surface area contributed by atoms with Crippen LogP contribution in [0.25, 0.3) is 0 Å². The summed E-state index contributed by atoms with van der Waals surface area (Å²) in [6, 6.07) is 2.29. The molecule has 0 amide bonds. The summed E-state index contributed by atoms with van der Waals surface area (Å²) in [5, 5.41) is 0. The number of hydrogen-bond donors (Lipinski definition) is 0. The zero-order chi connectivity index (χ0) is 22.9. The fourth-order valence-corrected chi connectivity index (χ4v) is 15.0. The highest BCUT2D eigenvalue weighted by Gasteiger charge is 2.47. The molecule has 0 aliphatic rings. The molecule has 0 aliphatic heterocycles. The Morgan fingerprint density at radius 1 is 0.467 bits per heavy atom. The molecule has 0 spiro atoms. The summed E-state index contributed by atoms with van der Waals surface area (Å²) in [4.78, 5) is 0. The fraction of sp³-hybridized carbons (Fsp3) is 1.00. The van der Waals surface area contributed by atoms with Crippen LogP contribution in [0.5, 0.6) is 0 Å². The van der Waals surface area contributed by atoms with Crippen molar-refractivity contribution >= 4 is 25.7 Å². The topological polar surface area (TPSA) is 64.6 Å². The van der Waals surface area contributed by atoms with E-state index in [-0.39, 0.29) is 0 Å². The summed E-state index contributed by atoms with van der Waals surface area (Å²) in [6.07, 6.45) is 3.02. The smallest absolute Gasteiger partial charge is 0.328 e. The summed E-state index contributed by atoms with van der Waals surface area (Å²) in [5.74, 6) is 0. The van der Waals surface area contributed by atoms with E-state index in [1.807, 2.05) is 0 Å². The van der Waals surface area contributed by atoms with E-state index in [0.717, 1.165) is 57.2 Å². The maximum atomic E-state index is 6.75. The minimum Gasteiger partial charge on any atom is -0.415 e. The predicted molar refractivity (Wildman–Crippen MR) is 129 cm³/mol. The Morgan fingerprint density at radius 2 is 0.767 bits per heavy atom. The lowest BCUT2D eigenvalue weighted by atomic mass is 10.5. The van der Waals surface area contributed by atoms with Gasteiger partial charge in [0.05, 0.1) is 0 Å². The first-order valence-electron chi connectivity index (χ1n) is 11.5. The van der Waals surface area contributed by atoms with Gasteiger partial charge in [-0.05, 0) is 38.9 Å². The van der Waals surface area contributed by atoms with Crippen LogP contribution >= 0.6 is 0 Å². The highest BCUT2D eigenvalue weighted by molar-refractivity contribution is 6.85. The molecule has 7 nitrogen and oxygen atoms in total. The quantitative estimate of drug-likeness (QED) is 0.171. The van der Waals surface area contributed by atoms with Crippen molar-refractivity contribution in [2.24, 2.45) is 0 Å². The summed E-state index contributed by atoms with van der Waals surface area (Å²) in [7, 11) is -4.02. The molecule has 0 aromatic rings. The van der Waals surface area contributed by atoms with E-state index in [2.05, 4.69) is 40.4 Å². The number of hydrogen-bond acceptors (Lipinski definition) is 7. The Morgan fingerprint density at radius 3 is 1.03 bits per heavy atom. The van der Waals surface area contributed by atoms with Crippen molar-refractivity contribution in [3.8, 4) is 0 Å². The molecular weight excluding hydrogens is 436 g/mol. The van der Waals surface area contributed by atoms with E-state index >= 15 is 0 Å². The average Bonchev–Trinajstić information content (AvgIpc) is 2.72. The Labute approximate surface area is 188 Å². The van der Waals surface area contributed by atoms with Gasteiger partial charge in [0.25, 0.3) is 0 Å². The van der Waals surface area contributed by atoms with Gasteiger partial charge in [-0.1, -0.05) is 20.8 Å². The molecule has 0 heterocycles. The molecule has 30 heavy (non-hydrogen) atoms. The van der Waals surface area contributed by atoms with Crippen molar-refractivity contribution in [3.63, 3.8) is 0 Å². The van der Waals surface area contributed by atoms with Gasteiger partial charge in [-0.2, -0.15) is 0 Å². The second kappa shape index (κ2) is 16.9. The van der Waals surface area contributed by atoms with Gasteiger partial charge in [0.2, 0.25) is 0 Å². The van der Waals surface area contributed by atoms with E-state index < -0.39 is 25.7 Å². The van der Waals surface area contributed by atoms with Crippen LogP contribution in [0.4, 0.5) is 0 Å². The van der Waals surface area contributed by atoms with Gasteiger partial charge in [0.15, 0.2) is 0 Å². The molecule has 0 aromatic carbocycles. The molecule has 0 radical (unpaired) electrons. The molecule has 0 saturated heterocycles. The van der Waals surface area contributed by atoms with Gasteiger partial charge in [0, 0.05) is 72.0 Å². The Hall–Kier alpha value is 0.371. The average molecular weight is 485 g/mol. The molecule has 0 fully saturated rings. The number of ether oxygens (including phenoxy) is 3. The highest BCUT2D eigenvalue weighted by atomic mass is 28.5. The molecule has 0 rings (SSSR count). The lowest BCUT2D eigenvalue weighted by molar-refractivity contribution is 0.129. The third kappa shape index (κ3) is 13.7. The predicted octanol–water partition coefficient (Wildman–Crippen LogP) is 4.81. The van der Waals surface area contributed by atoms with Crippen LogP contribution in [0.3, 0.4) is 0 Å². The second-order valence-corrected chi connectivity index (χ2v) is 18.9. The van der Waals surface area contributed by atoms with Crippen LogP contribution in [-0.4, -0.2) is 79.5 Å². The van der Waals surface area contributed by atoms with Crippen molar-refractivity contribution < 1.29 is 31.3 Å². The first-order chi connectivity index (χ1) is 14.2. The second-order valence-electron chi connectivity index (χ2n) is 8.10. The van der Waals surface area contributed by atoms with Crippen LogP contribution in [0.2, 0.25) is 37.8 Å². The minimum absolute atomic E-state index is 0.623. The zero-order valence-corrected chi connectivity index (χ0v) is 23.8. The highest BCUT2D eigenvalue weighted by Crippen LogP contribution is 2.28. The third-order valence-corrected chi connectivity index (χ3v) is 16.8. The van der Waals surface area contributed by atoms with E-state index in [4.69, 9.17) is 31.3 Å². The van der Waals surface area contributed by atoms with Crippen molar-refractivity contribution in [2.75, 3.05) is 53.9 Å². The molecule has 0 N–H and O–H groups in total. The van der Waals surface area contributed by atoms with E-state index in [9.17, 15) is 0 Å². The maximum absolute atomic E-state index is 6.75. The number of rotatable bonds is 21. The van der Waals surface area contributed by atoms with Gasteiger partial charge < -0.3 is 31.3 Å². The van der Waals surface area contributed by atoms with Gasteiger partial charge in [-0.25, -0.2) is 0 Å². The molecular formula is C20H48O7Si3. The van der Waals surface area contributed by atoms with E-state index in [1.54, 1.807) is 14.2 Å². The van der Waals surface area contributed by atoms with Crippen LogP contribution in [0.1, 0.15) is 40.0 Å². The molecule has 0 aliphatic carbocycles. The van der Waals surface area contributed by atoms with Gasteiger partial charge in [-0.3, -0.25) is 0 Å². The lowest BCUT2D eigenvalue weighted by Crippen LogP contribution is -2.58. The molecule has 2 unspecified atom stereocenters. The summed E-state index contributed by atoms with van der Waals surface area (Å²) >= 11 is 0. The van der Waals surface area contributed by atoms with E-state index in [0.29, 0.717) is 19.8 Å². The first kappa shape index (κ1) is 30.4. The SMILES string of the molecule is CCCOCC[Si](C)(OC)O[Si](C)(CCOCCC)O[Si](C)(CCOCCC)OC. The lowest BCUT2D eigenvalue weighted by Gasteiger charge is -2.41. The summed E-state index contributed by atoms with van der Waals surface area (Å²) < 4.78 is 42.5. The van der Waals surface area contributed by atoms with E-state index in [1.165, 1.54) is 0 Å². The minimum atomic E-state index is -2.61. The monoisotopic (exact) mass is 484 g/mol. The summed E-state index contributed by atoms with van der Waals surface area (Å²) in [6.45, 7) is 16.8. The maximum Gasteiger partial charge on any atom is 0.328 e. The van der Waals surface area contributed by atoms with Crippen molar-refractivity contribution in [1.29, 1.82) is 0 Å². The van der Waals surface area contributed by atoms with Crippen molar-refractivity contribution in [2.45, 2.75) is 77.8 Å². The van der Waals surface area contributed by atoms with Crippen LogP contribution in [0, 0.1) is 0 Å². The summed E-state index contributed by atoms with van der Waals surface area (Å²) in [5.41, 5.74) is 0. The molecule has 0 saturated carbocycles. The Kier molecular flexibility index (Phi) is 17.1. The molecule has 0 bridgehead atoms. The third-order valence-electron chi connectivity index (χ3n) is 4.87. The largest absolute Gasteiger partial charge is 0.415 e. The molecule has 0 aromatic heterocycles. The van der Waals surface area contributed by atoms with Gasteiger partial charge >= 0.3 is 25.7 Å². The molecule has 10 heteroatoms. The van der Waals surface area contributed by atoms with Crippen molar-refractivity contribution in [1.82, 2.24) is 0 Å². The van der Waals surface area contributed by atoms with Gasteiger partial charge in [-0.15, -0.1) is 0 Å². The Balaban J connectivity index is 5.21. The fourth-order valence-electron chi connectivity index (χ4n) is 2.94. The van der Waals surface area contributed by atoms with Crippen molar-refractivity contribution in [3.05, 3.63) is 0 Å². The van der Waals surface area contributed by atoms with Crippen LogP contribution in [0.15, 0.2) is 0 Å². The molecule has 2 atom stereocenters. The zero-order valence-electron chi connectivity index (χ0n) is 20.8. The first-order valence-corrected chi connectivity index (χ1v) is 19.0. The normalized spacial score (nSPS) is 18.0. The van der Waals surface area contributed by atoms with Crippen LogP contribution < -0.4 is 0 Å². The standard InChI is InChI=1S/C20H48O7Si3/c1-9-12-23-15-18-28(6,21-4)26-30(8,20-17-25-14-11-3)27-29(7,22-5)19-16-24-13-10-2/h9-20H2,1-8H3. The van der Waals surface area contributed by atoms with Crippen LogP contribution in [-0.2, 0) is 31.3 Å². The Bertz CT molecular complexity index is 392.